The van der Waals surface area contributed by atoms with Crippen LogP contribution in [0.4, 0.5) is 0 Å². The largest absolute Gasteiger partial charge is 0.506 e. The van der Waals surface area contributed by atoms with E-state index in [-0.39, 0.29) is 5.04 Å². The first-order valence-corrected chi connectivity index (χ1v) is 5.19. The quantitative estimate of drug-likeness (QED) is 0.615. The van der Waals surface area contributed by atoms with Gasteiger partial charge in [-0.05, 0) is 0 Å². The molecular weight excluding hydrogens is 160 g/mol. The summed E-state index contributed by atoms with van der Waals surface area (Å²) in [6.07, 6.45) is 0. The van der Waals surface area contributed by atoms with Crippen molar-refractivity contribution in [3.63, 3.8) is 0 Å². The van der Waals surface area contributed by atoms with E-state index in [4.69, 9.17) is 13.3 Å². The molecule has 0 spiro atoms. The molecule has 1 radical (unpaired) electrons. The van der Waals surface area contributed by atoms with E-state index < -0.39 is 8.80 Å². The molecule has 4 heteroatoms. The molecule has 0 N–H and O–H groups in total. The average Bonchev–Trinajstić information content (AvgIpc) is 1.90. The molecule has 3 nitrogen and oxygen atoms in total. The van der Waals surface area contributed by atoms with E-state index in [1.165, 1.54) is 0 Å². The van der Waals surface area contributed by atoms with Crippen molar-refractivity contribution in [2.24, 2.45) is 0 Å². The molecule has 0 aromatic heterocycles. The van der Waals surface area contributed by atoms with Crippen LogP contribution in [0.15, 0.2) is 0 Å². The topological polar surface area (TPSA) is 27.7 Å². The van der Waals surface area contributed by atoms with E-state index in [1.807, 2.05) is 20.8 Å². The molecule has 0 amide bonds. The predicted molar refractivity (Wildman–Crippen MR) is 45.9 cm³/mol. The van der Waals surface area contributed by atoms with Crippen LogP contribution in [-0.4, -0.2) is 23.0 Å². The molecule has 0 saturated heterocycles. The van der Waals surface area contributed by atoms with Crippen molar-refractivity contribution in [1.29, 1.82) is 0 Å². The Kier molecular flexibility index (Phi) is 3.70. The molecule has 0 rings (SSSR count). The zero-order chi connectivity index (χ0) is 9.12. The molecule has 0 aromatic carbocycles. The molecule has 0 aromatic rings. The minimum absolute atomic E-state index is 0.127. The minimum atomic E-state index is -2.53. The second kappa shape index (κ2) is 3.67. The Balaban J connectivity index is 4.54. The third kappa shape index (κ3) is 2.02. The van der Waals surface area contributed by atoms with E-state index in [0.717, 1.165) is 0 Å². The van der Waals surface area contributed by atoms with E-state index in [2.05, 4.69) is 7.11 Å². The zero-order valence-electron chi connectivity index (χ0n) is 7.93. The smallest absolute Gasteiger partial charge is 0.377 e. The Bertz CT molecular complexity index is 107. The van der Waals surface area contributed by atoms with Crippen molar-refractivity contribution < 1.29 is 13.3 Å². The number of hydrogen-bond acceptors (Lipinski definition) is 3. The van der Waals surface area contributed by atoms with Gasteiger partial charge in [-0.15, -0.1) is 0 Å². The fourth-order valence-corrected chi connectivity index (χ4v) is 3.09. The maximum absolute atomic E-state index is 5.23. The molecule has 0 bridgehead atoms. The highest BCUT2D eigenvalue weighted by atomic mass is 28.4. The lowest BCUT2D eigenvalue weighted by atomic mass is 10.3. The van der Waals surface area contributed by atoms with E-state index >= 15 is 0 Å². The van der Waals surface area contributed by atoms with Gasteiger partial charge in [0.1, 0.15) is 0 Å². The Labute approximate surface area is 70.0 Å². The van der Waals surface area contributed by atoms with Crippen LogP contribution in [0.1, 0.15) is 20.8 Å². The summed E-state index contributed by atoms with van der Waals surface area (Å²) in [5.74, 6) is 0. The van der Waals surface area contributed by atoms with Crippen LogP contribution in [-0.2, 0) is 13.3 Å². The molecule has 0 fully saturated rings. The van der Waals surface area contributed by atoms with Gasteiger partial charge in [-0.3, -0.25) is 0 Å². The summed E-state index contributed by atoms with van der Waals surface area (Å²) in [6.45, 7) is 6.03. The highest BCUT2D eigenvalue weighted by Crippen LogP contribution is 2.37. The van der Waals surface area contributed by atoms with Crippen LogP contribution < -0.4 is 0 Å². The summed E-state index contributed by atoms with van der Waals surface area (Å²) in [5.41, 5.74) is 0. The molecule has 0 heterocycles. The molecule has 0 aliphatic carbocycles. The van der Waals surface area contributed by atoms with Crippen molar-refractivity contribution in [1.82, 2.24) is 0 Å². The normalized spacial score (nSPS) is 13.6. The molecule has 0 aliphatic rings. The van der Waals surface area contributed by atoms with Crippen LogP contribution in [0.25, 0.3) is 0 Å². The van der Waals surface area contributed by atoms with Crippen LogP contribution in [0.2, 0.25) is 5.04 Å². The number of rotatable bonds is 3. The maximum atomic E-state index is 5.23. The van der Waals surface area contributed by atoms with Crippen LogP contribution in [0.5, 0.6) is 0 Å². The first-order chi connectivity index (χ1) is 4.93. The fourth-order valence-electron chi connectivity index (χ4n) is 1.03. The Morgan fingerprint density at radius 1 is 1.09 bits per heavy atom. The Morgan fingerprint density at radius 2 is 1.45 bits per heavy atom. The average molecular weight is 177 g/mol. The monoisotopic (exact) mass is 177 g/mol. The lowest BCUT2D eigenvalue weighted by Gasteiger charge is -2.35. The zero-order valence-corrected chi connectivity index (χ0v) is 8.93. The summed E-state index contributed by atoms with van der Waals surface area (Å²) in [6, 6.07) is 0. The van der Waals surface area contributed by atoms with Crippen LogP contribution in [0.3, 0.4) is 0 Å². The van der Waals surface area contributed by atoms with Gasteiger partial charge in [0.05, 0.1) is 7.11 Å². The molecule has 0 unspecified atom stereocenters. The summed E-state index contributed by atoms with van der Waals surface area (Å²) < 4.78 is 15.5. The lowest BCUT2D eigenvalue weighted by molar-refractivity contribution is 0.112. The SMILES string of the molecule is [CH2]O[Si](OC)(OC)C(C)(C)C. The summed E-state index contributed by atoms with van der Waals surface area (Å²) in [5, 5.41) is -0.127. The predicted octanol–water partition coefficient (Wildman–Crippen LogP) is 1.83. The molecular formula is C7H17O3Si. The standard InChI is InChI=1S/C7H17O3Si/c1-7(2,3)11(8-4,9-5)10-6/h4H2,1-3,5-6H3. The third-order valence-corrected chi connectivity index (χ3v) is 4.94. The van der Waals surface area contributed by atoms with Gasteiger partial charge in [0, 0.05) is 19.3 Å². The first-order valence-electron chi connectivity index (χ1n) is 3.47. The van der Waals surface area contributed by atoms with Crippen molar-refractivity contribution in [3.05, 3.63) is 7.11 Å². The van der Waals surface area contributed by atoms with E-state index in [9.17, 15) is 0 Å². The molecule has 0 saturated carbocycles. The second-order valence-electron chi connectivity index (χ2n) is 3.36. The third-order valence-electron chi connectivity index (χ3n) is 1.65. The van der Waals surface area contributed by atoms with E-state index in [1.54, 1.807) is 14.2 Å². The molecule has 0 atom stereocenters. The van der Waals surface area contributed by atoms with Crippen molar-refractivity contribution in [2.75, 3.05) is 14.2 Å². The first kappa shape index (κ1) is 11.1. The second-order valence-corrected chi connectivity index (χ2v) is 7.08. The molecule has 67 valence electrons. The van der Waals surface area contributed by atoms with Crippen LogP contribution in [0, 0.1) is 7.11 Å². The van der Waals surface area contributed by atoms with Gasteiger partial charge < -0.3 is 13.3 Å². The molecule has 0 aliphatic heterocycles. The van der Waals surface area contributed by atoms with Gasteiger partial charge in [0.25, 0.3) is 0 Å². The highest BCUT2D eigenvalue weighted by molar-refractivity contribution is 6.64. The summed E-state index contributed by atoms with van der Waals surface area (Å²) >= 11 is 0. The van der Waals surface area contributed by atoms with Gasteiger partial charge in [0.15, 0.2) is 0 Å². The maximum Gasteiger partial charge on any atom is 0.506 e. The van der Waals surface area contributed by atoms with Gasteiger partial charge in [-0.2, -0.15) is 0 Å². The van der Waals surface area contributed by atoms with Crippen molar-refractivity contribution in [2.45, 2.75) is 25.8 Å². The van der Waals surface area contributed by atoms with Gasteiger partial charge in [0.2, 0.25) is 0 Å². The molecule has 11 heavy (non-hydrogen) atoms. The number of hydrogen-bond donors (Lipinski definition) is 0. The van der Waals surface area contributed by atoms with Gasteiger partial charge >= 0.3 is 8.80 Å². The summed E-state index contributed by atoms with van der Waals surface area (Å²) in [4.78, 5) is 0. The van der Waals surface area contributed by atoms with E-state index in [0.29, 0.717) is 0 Å². The minimum Gasteiger partial charge on any atom is -0.377 e. The highest BCUT2D eigenvalue weighted by Gasteiger charge is 2.50. The van der Waals surface area contributed by atoms with Crippen molar-refractivity contribution in [3.8, 4) is 0 Å². The Hall–Kier alpha value is 0.0969. The fraction of sp³-hybridized carbons (Fsp3) is 0.857. The van der Waals surface area contributed by atoms with Crippen molar-refractivity contribution >= 4 is 8.80 Å². The summed E-state index contributed by atoms with van der Waals surface area (Å²) in [7, 11) is 4.03. The van der Waals surface area contributed by atoms with Gasteiger partial charge in [-0.1, -0.05) is 20.8 Å². The Morgan fingerprint density at radius 3 is 1.45 bits per heavy atom. The van der Waals surface area contributed by atoms with Gasteiger partial charge in [-0.25, -0.2) is 0 Å². The lowest BCUT2D eigenvalue weighted by Crippen LogP contribution is -2.50. The van der Waals surface area contributed by atoms with Crippen LogP contribution >= 0.6 is 0 Å².